The fraction of sp³-hybridized carbons (Fsp3) is 0.467. The minimum atomic E-state index is 0.179. The summed E-state index contributed by atoms with van der Waals surface area (Å²) in [5.41, 5.74) is 3.67. The Morgan fingerprint density at radius 3 is 2.47 bits per heavy atom. The summed E-state index contributed by atoms with van der Waals surface area (Å²) in [7, 11) is 0. The standard InChI is InChI=1S/C15H22OS/c1-11(10-17)9-16-14-7-6-13(8-12(14)2)15(3,4)5/h6-8,17H,1,9-10H2,2-5H3. The van der Waals surface area contributed by atoms with Crippen LogP contribution in [-0.4, -0.2) is 12.4 Å². The Labute approximate surface area is 110 Å². The van der Waals surface area contributed by atoms with Crippen LogP contribution in [0.1, 0.15) is 31.9 Å². The molecule has 0 heterocycles. The van der Waals surface area contributed by atoms with Gasteiger partial charge < -0.3 is 4.74 Å². The normalized spacial score (nSPS) is 11.4. The van der Waals surface area contributed by atoms with Gasteiger partial charge in [-0.2, -0.15) is 12.6 Å². The molecule has 0 atom stereocenters. The zero-order valence-corrected chi connectivity index (χ0v) is 12.1. The van der Waals surface area contributed by atoms with E-state index in [1.54, 1.807) is 0 Å². The van der Waals surface area contributed by atoms with E-state index in [0.717, 1.165) is 11.3 Å². The second-order valence-electron chi connectivity index (χ2n) is 5.43. The first-order chi connectivity index (χ1) is 7.84. The zero-order valence-electron chi connectivity index (χ0n) is 11.2. The predicted octanol–water partition coefficient (Wildman–Crippen LogP) is 4.16. The topological polar surface area (TPSA) is 9.23 Å². The van der Waals surface area contributed by atoms with Crippen molar-refractivity contribution in [1.82, 2.24) is 0 Å². The second-order valence-corrected chi connectivity index (χ2v) is 5.74. The highest BCUT2D eigenvalue weighted by molar-refractivity contribution is 7.80. The molecule has 0 aliphatic carbocycles. The molecule has 1 aromatic rings. The summed E-state index contributed by atoms with van der Waals surface area (Å²) >= 11 is 4.16. The van der Waals surface area contributed by atoms with E-state index >= 15 is 0 Å². The van der Waals surface area contributed by atoms with Crippen molar-refractivity contribution in [3.8, 4) is 5.75 Å². The number of ether oxygens (including phenoxy) is 1. The molecule has 0 aliphatic heterocycles. The molecule has 0 spiro atoms. The van der Waals surface area contributed by atoms with Crippen LogP contribution < -0.4 is 4.74 Å². The molecule has 0 saturated heterocycles. The smallest absolute Gasteiger partial charge is 0.122 e. The monoisotopic (exact) mass is 250 g/mol. The highest BCUT2D eigenvalue weighted by Crippen LogP contribution is 2.27. The number of rotatable bonds is 4. The molecule has 0 bridgehead atoms. The Morgan fingerprint density at radius 2 is 2.00 bits per heavy atom. The van der Waals surface area contributed by atoms with Gasteiger partial charge in [-0.25, -0.2) is 0 Å². The molecule has 1 aromatic carbocycles. The molecule has 94 valence electrons. The van der Waals surface area contributed by atoms with Gasteiger partial charge in [0, 0.05) is 5.75 Å². The van der Waals surface area contributed by atoms with Crippen LogP contribution in [0, 0.1) is 6.92 Å². The first-order valence-corrected chi connectivity index (χ1v) is 6.49. The number of hydrogen-bond acceptors (Lipinski definition) is 2. The third kappa shape index (κ3) is 4.12. The summed E-state index contributed by atoms with van der Waals surface area (Å²) in [6.07, 6.45) is 0. The molecule has 0 N–H and O–H groups in total. The van der Waals surface area contributed by atoms with Gasteiger partial charge >= 0.3 is 0 Å². The summed E-state index contributed by atoms with van der Waals surface area (Å²) in [5.74, 6) is 1.60. The van der Waals surface area contributed by atoms with E-state index in [1.165, 1.54) is 11.1 Å². The van der Waals surface area contributed by atoms with Crippen LogP contribution >= 0.6 is 12.6 Å². The Balaban J connectivity index is 2.80. The molecule has 0 aliphatic rings. The minimum Gasteiger partial charge on any atom is -0.489 e. The fourth-order valence-electron chi connectivity index (χ4n) is 1.50. The molecule has 1 rings (SSSR count). The summed E-state index contributed by atoms with van der Waals surface area (Å²) in [6.45, 7) is 13.1. The lowest BCUT2D eigenvalue weighted by molar-refractivity contribution is 0.350. The molecule has 0 saturated carbocycles. The molecular weight excluding hydrogens is 228 g/mol. The molecule has 1 nitrogen and oxygen atoms in total. The molecule has 0 unspecified atom stereocenters. The first-order valence-electron chi connectivity index (χ1n) is 5.86. The third-order valence-corrected chi connectivity index (χ3v) is 3.14. The van der Waals surface area contributed by atoms with Crippen LogP contribution in [0.5, 0.6) is 5.75 Å². The maximum Gasteiger partial charge on any atom is 0.122 e. The van der Waals surface area contributed by atoms with Gasteiger partial charge in [-0.05, 0) is 35.1 Å². The van der Waals surface area contributed by atoms with E-state index in [2.05, 4.69) is 59.0 Å². The maximum absolute atomic E-state index is 5.71. The van der Waals surface area contributed by atoms with Gasteiger partial charge in [0.15, 0.2) is 0 Å². The maximum atomic E-state index is 5.71. The SMILES string of the molecule is C=C(CS)COc1ccc(C(C)(C)C)cc1C. The van der Waals surface area contributed by atoms with Crippen molar-refractivity contribution in [3.63, 3.8) is 0 Å². The molecular formula is C15H22OS. The van der Waals surface area contributed by atoms with Crippen LogP contribution in [0.2, 0.25) is 0 Å². The van der Waals surface area contributed by atoms with E-state index in [0.29, 0.717) is 12.4 Å². The molecule has 0 aromatic heterocycles. The fourth-order valence-corrected chi connectivity index (χ4v) is 1.59. The predicted molar refractivity (Wildman–Crippen MR) is 78.4 cm³/mol. The van der Waals surface area contributed by atoms with Crippen molar-refractivity contribution in [3.05, 3.63) is 41.5 Å². The van der Waals surface area contributed by atoms with Crippen molar-refractivity contribution >= 4 is 12.6 Å². The van der Waals surface area contributed by atoms with Crippen molar-refractivity contribution in [1.29, 1.82) is 0 Å². The van der Waals surface area contributed by atoms with Gasteiger partial charge in [-0.3, -0.25) is 0 Å². The number of aryl methyl sites for hydroxylation is 1. The van der Waals surface area contributed by atoms with Gasteiger partial charge in [0.25, 0.3) is 0 Å². The quantitative estimate of drug-likeness (QED) is 0.623. The van der Waals surface area contributed by atoms with Crippen LogP contribution in [0.3, 0.4) is 0 Å². The Morgan fingerprint density at radius 1 is 1.35 bits per heavy atom. The van der Waals surface area contributed by atoms with E-state index in [-0.39, 0.29) is 5.41 Å². The molecule has 0 radical (unpaired) electrons. The highest BCUT2D eigenvalue weighted by atomic mass is 32.1. The van der Waals surface area contributed by atoms with E-state index < -0.39 is 0 Å². The largest absolute Gasteiger partial charge is 0.489 e. The zero-order chi connectivity index (χ0) is 13.1. The summed E-state index contributed by atoms with van der Waals surface area (Å²) in [5, 5.41) is 0. The Bertz CT molecular complexity index is 402. The lowest BCUT2D eigenvalue weighted by atomic mass is 9.86. The number of thiol groups is 1. The molecule has 0 amide bonds. The average Bonchev–Trinajstić information content (AvgIpc) is 2.25. The van der Waals surface area contributed by atoms with Crippen LogP contribution in [0.4, 0.5) is 0 Å². The average molecular weight is 250 g/mol. The van der Waals surface area contributed by atoms with Crippen LogP contribution in [-0.2, 0) is 5.41 Å². The number of hydrogen-bond donors (Lipinski definition) is 1. The first kappa shape index (κ1) is 14.2. The molecule has 0 fully saturated rings. The summed E-state index contributed by atoms with van der Waals surface area (Å²) in [4.78, 5) is 0. The van der Waals surface area contributed by atoms with E-state index in [9.17, 15) is 0 Å². The summed E-state index contributed by atoms with van der Waals surface area (Å²) in [6, 6.07) is 6.37. The van der Waals surface area contributed by atoms with E-state index in [4.69, 9.17) is 4.74 Å². The second kappa shape index (κ2) is 5.63. The van der Waals surface area contributed by atoms with Gasteiger partial charge in [0.05, 0.1) is 0 Å². The van der Waals surface area contributed by atoms with Crippen molar-refractivity contribution < 1.29 is 4.74 Å². The van der Waals surface area contributed by atoms with Gasteiger partial charge in [0.1, 0.15) is 12.4 Å². The Kier molecular flexibility index (Phi) is 4.70. The van der Waals surface area contributed by atoms with Crippen molar-refractivity contribution in [2.45, 2.75) is 33.1 Å². The molecule has 17 heavy (non-hydrogen) atoms. The van der Waals surface area contributed by atoms with Gasteiger partial charge in [0.2, 0.25) is 0 Å². The lowest BCUT2D eigenvalue weighted by Crippen LogP contribution is -2.11. The molecule has 2 heteroatoms. The van der Waals surface area contributed by atoms with Crippen molar-refractivity contribution in [2.24, 2.45) is 0 Å². The minimum absolute atomic E-state index is 0.179. The highest BCUT2D eigenvalue weighted by Gasteiger charge is 2.14. The summed E-state index contributed by atoms with van der Waals surface area (Å²) < 4.78 is 5.71. The van der Waals surface area contributed by atoms with Crippen LogP contribution in [0.25, 0.3) is 0 Å². The van der Waals surface area contributed by atoms with E-state index in [1.807, 2.05) is 6.07 Å². The number of benzene rings is 1. The lowest BCUT2D eigenvalue weighted by Gasteiger charge is -2.20. The Hall–Kier alpha value is -0.890. The van der Waals surface area contributed by atoms with Gasteiger partial charge in [-0.15, -0.1) is 0 Å². The third-order valence-electron chi connectivity index (χ3n) is 2.70. The van der Waals surface area contributed by atoms with Gasteiger partial charge in [-0.1, -0.05) is 39.5 Å². The van der Waals surface area contributed by atoms with Crippen LogP contribution in [0.15, 0.2) is 30.4 Å². The van der Waals surface area contributed by atoms with Crippen molar-refractivity contribution in [2.75, 3.05) is 12.4 Å².